The molecule has 0 fully saturated rings. The van der Waals surface area contributed by atoms with Gasteiger partial charge in [0.25, 0.3) is 0 Å². The topological polar surface area (TPSA) is 194 Å². The Labute approximate surface area is 328 Å². The van der Waals surface area contributed by atoms with E-state index in [0.717, 1.165) is 29.5 Å². The molecule has 0 aliphatic carbocycles. The molecular formula is C42H58F2O12. The number of carboxylic acid groups (broad SMARTS) is 2. The van der Waals surface area contributed by atoms with Gasteiger partial charge in [0, 0.05) is 9.15 Å². The first-order chi connectivity index (χ1) is 25.6. The molecule has 12 nitrogen and oxygen atoms in total. The summed E-state index contributed by atoms with van der Waals surface area (Å²) in [5, 5.41) is 35.1. The molecule has 0 aliphatic heterocycles. The molecule has 3 aromatic carbocycles. The highest BCUT2D eigenvalue weighted by atomic mass is 20.0. The third kappa shape index (κ3) is 25.1. The molecule has 3 rings (SSSR count). The Balaban J connectivity index is -0.000000329. The molecule has 0 spiro atoms. The van der Waals surface area contributed by atoms with E-state index in [1.165, 1.54) is 18.2 Å². The number of phenolic OH excluding ortho intramolecular Hbond substituents is 1. The van der Waals surface area contributed by atoms with Gasteiger partial charge in [0.2, 0.25) is 0 Å². The van der Waals surface area contributed by atoms with Crippen molar-refractivity contribution in [3.63, 3.8) is 0 Å². The summed E-state index contributed by atoms with van der Waals surface area (Å²) in [7, 11) is 0. The molecular weight excluding hydrogens is 734 g/mol. The van der Waals surface area contributed by atoms with E-state index in [4.69, 9.17) is 38.7 Å². The number of aromatic hydroxyl groups is 2. The van der Waals surface area contributed by atoms with E-state index in [-0.39, 0.29) is 68.2 Å². The summed E-state index contributed by atoms with van der Waals surface area (Å²) in [6, 6.07) is 14.3. The fourth-order valence-electron chi connectivity index (χ4n) is 3.80. The van der Waals surface area contributed by atoms with Crippen LogP contribution < -0.4 is 4.74 Å². The van der Waals surface area contributed by atoms with Crippen LogP contribution in [-0.4, -0.2) is 63.5 Å². The summed E-state index contributed by atoms with van der Waals surface area (Å²) in [6.45, 7) is 13.5. The van der Waals surface area contributed by atoms with Gasteiger partial charge >= 0.3 is 29.8 Å². The van der Waals surface area contributed by atoms with E-state index in [1.807, 2.05) is 39.8 Å². The average molecular weight is 793 g/mol. The summed E-state index contributed by atoms with van der Waals surface area (Å²) >= 11 is 0. The lowest BCUT2D eigenvalue weighted by Crippen LogP contribution is -2.12. The second kappa shape index (κ2) is 33.5. The normalized spacial score (nSPS) is 9.45. The first kappa shape index (κ1) is 56.7. The molecule has 0 saturated heterocycles. The van der Waals surface area contributed by atoms with Crippen molar-refractivity contribution in [1.82, 2.24) is 0 Å². The zero-order chi connectivity index (χ0) is 41.6. The third-order valence-corrected chi connectivity index (χ3v) is 6.27. The van der Waals surface area contributed by atoms with Crippen molar-refractivity contribution in [2.24, 2.45) is 0 Å². The van der Waals surface area contributed by atoms with Crippen LogP contribution in [0.5, 0.6) is 17.2 Å². The maximum atomic E-state index is 11.8. The first-order valence-corrected chi connectivity index (χ1v) is 16.8. The lowest BCUT2D eigenvalue weighted by Gasteiger charge is -2.09. The molecule has 0 aliphatic rings. The van der Waals surface area contributed by atoms with Crippen LogP contribution in [0.2, 0.25) is 0 Å². The Kier molecular flexibility index (Phi) is 33.9. The summed E-state index contributed by atoms with van der Waals surface area (Å²) in [5.74, 6) is -3.21. The minimum Gasteiger partial charge on any atom is -0.507 e. The van der Waals surface area contributed by atoms with Crippen LogP contribution in [-0.2, 0) is 19.1 Å². The molecule has 0 unspecified atom stereocenters. The Morgan fingerprint density at radius 1 is 0.589 bits per heavy atom. The number of allylic oxidation sites excluding steroid dienone is 2. The number of carboxylic acids is 2. The van der Waals surface area contributed by atoms with Crippen LogP contribution in [0.25, 0.3) is 0 Å². The molecule has 14 heteroatoms. The van der Waals surface area contributed by atoms with E-state index >= 15 is 0 Å². The highest BCUT2D eigenvalue weighted by molar-refractivity contribution is 5.94. The molecule has 0 aromatic heterocycles. The average Bonchev–Trinajstić information content (AvgIpc) is 3.10. The van der Waals surface area contributed by atoms with Crippen molar-refractivity contribution in [2.75, 3.05) is 13.2 Å². The van der Waals surface area contributed by atoms with Crippen molar-refractivity contribution in [3.8, 4) is 17.2 Å². The van der Waals surface area contributed by atoms with Crippen LogP contribution in [0.3, 0.4) is 0 Å². The molecule has 3 aromatic rings. The van der Waals surface area contributed by atoms with Crippen LogP contribution in [0, 0.1) is 20.8 Å². The smallest absolute Gasteiger partial charge is 0.341 e. The Morgan fingerprint density at radius 2 is 0.982 bits per heavy atom. The van der Waals surface area contributed by atoms with Gasteiger partial charge in [0.15, 0.2) is 0 Å². The number of aromatic carboxylic acids is 1. The molecule has 0 bridgehead atoms. The van der Waals surface area contributed by atoms with E-state index in [1.54, 1.807) is 69.3 Å². The van der Waals surface area contributed by atoms with Crippen LogP contribution in [0.1, 0.15) is 116 Å². The summed E-state index contributed by atoms with van der Waals surface area (Å²) in [5.41, 5.74) is 3.08. The highest BCUT2D eigenvalue weighted by Gasteiger charge is 2.16. The Hall–Kier alpha value is -6.05. The van der Waals surface area contributed by atoms with Gasteiger partial charge in [-0.05, 0) is 101 Å². The number of hydrogen-bond acceptors (Lipinski definition) is 10. The number of carbonyl (C=O) groups is 5. The number of aliphatic carboxylic acids is 1. The fraction of sp³-hybridized carbons (Fsp3) is 0.357. The second-order valence-electron chi connectivity index (χ2n) is 10.8. The van der Waals surface area contributed by atoms with Crippen molar-refractivity contribution in [2.45, 2.75) is 89.0 Å². The van der Waals surface area contributed by atoms with Gasteiger partial charge in [-0.3, -0.25) is 9.59 Å². The van der Waals surface area contributed by atoms with Crippen LogP contribution in [0.15, 0.2) is 78.9 Å². The van der Waals surface area contributed by atoms with E-state index in [0.29, 0.717) is 6.61 Å². The summed E-state index contributed by atoms with van der Waals surface area (Å²) < 4.78 is 30.9. The van der Waals surface area contributed by atoms with Gasteiger partial charge in [-0.25, -0.2) is 14.4 Å². The number of ether oxygens (including phenoxy) is 3. The standard InChI is InChI=1S/C16H20O4.C10H12O3.C8H8O3.C6H10O2.2CH4.F2/c1-4-6-7-8-15(17)20-14-11-12(3)9-10-13(14)16(18)19-5-2;1-3-13-10(12)8-5-4-7(2)6-9(8)11;1-5-2-3-6(8(10)11)7(9)4-5;1-2-3-4-5-6(7)8;;;1-2/h6-7,9-11H,4-5,8H2,1-3H3;4-6,11H,3H2,1-2H3;2-4,9H,1H3,(H,10,11);3-4H,2,5H2,1H3,(H,7,8);2*1H4;/b7-6-;;;4-3-;;;. The van der Waals surface area contributed by atoms with E-state index in [2.05, 4.69) is 0 Å². The molecule has 312 valence electrons. The molecule has 0 radical (unpaired) electrons. The second-order valence-corrected chi connectivity index (χ2v) is 10.8. The first-order valence-electron chi connectivity index (χ1n) is 16.8. The molecule has 0 atom stereocenters. The predicted molar refractivity (Wildman–Crippen MR) is 213 cm³/mol. The summed E-state index contributed by atoms with van der Waals surface area (Å²) in [4.78, 5) is 54.9. The number of halogens is 2. The number of phenols is 2. The van der Waals surface area contributed by atoms with Gasteiger partial charge in [0.05, 0.1) is 26.1 Å². The van der Waals surface area contributed by atoms with Crippen LogP contribution in [0.4, 0.5) is 9.15 Å². The maximum absolute atomic E-state index is 11.8. The third-order valence-electron chi connectivity index (χ3n) is 6.27. The number of rotatable bonds is 12. The van der Waals surface area contributed by atoms with Crippen LogP contribution >= 0.6 is 0 Å². The van der Waals surface area contributed by atoms with Crippen molar-refractivity contribution in [3.05, 3.63) is 112 Å². The quantitative estimate of drug-likeness (QED) is 0.0771. The Bertz CT molecular complexity index is 1680. The van der Waals surface area contributed by atoms with Gasteiger partial charge in [-0.15, -0.1) is 0 Å². The number of hydrogen-bond donors (Lipinski definition) is 4. The number of benzene rings is 3. The molecule has 0 amide bonds. The fourth-order valence-corrected chi connectivity index (χ4v) is 3.80. The zero-order valence-electron chi connectivity index (χ0n) is 31.6. The number of aryl methyl sites for hydroxylation is 3. The van der Waals surface area contributed by atoms with Gasteiger partial charge in [-0.1, -0.05) is 71.2 Å². The number of esters is 3. The van der Waals surface area contributed by atoms with Gasteiger partial charge in [0.1, 0.15) is 33.9 Å². The monoisotopic (exact) mass is 792 g/mol. The minimum atomic E-state index is -1.11. The lowest BCUT2D eigenvalue weighted by molar-refractivity contribution is -0.136. The van der Waals surface area contributed by atoms with Gasteiger partial charge in [-0.2, -0.15) is 0 Å². The highest BCUT2D eigenvalue weighted by Crippen LogP contribution is 2.22. The van der Waals surface area contributed by atoms with Crippen molar-refractivity contribution >= 4 is 29.8 Å². The van der Waals surface area contributed by atoms with E-state index in [9.17, 15) is 29.1 Å². The molecule has 0 saturated carbocycles. The zero-order valence-corrected chi connectivity index (χ0v) is 31.6. The van der Waals surface area contributed by atoms with Crippen molar-refractivity contribution in [1.29, 1.82) is 0 Å². The largest absolute Gasteiger partial charge is 0.507 e. The lowest BCUT2D eigenvalue weighted by atomic mass is 10.1. The Morgan fingerprint density at radius 3 is 1.38 bits per heavy atom. The number of carbonyl (C=O) groups excluding carboxylic acids is 3. The van der Waals surface area contributed by atoms with Crippen molar-refractivity contribution < 1.29 is 67.8 Å². The molecule has 0 heterocycles. The maximum Gasteiger partial charge on any atom is 0.341 e. The minimum absolute atomic E-state index is 0. The van der Waals surface area contributed by atoms with E-state index < -0.39 is 29.8 Å². The molecule has 4 N–H and O–H groups in total. The summed E-state index contributed by atoms with van der Waals surface area (Å²) in [6.07, 6.45) is 9.25. The molecule has 56 heavy (non-hydrogen) atoms. The predicted octanol–water partition coefficient (Wildman–Crippen LogP) is 10.2. The SMILES string of the molecule is C.C.CC/C=C\CC(=O)O.CC/C=C\CC(=O)Oc1cc(C)ccc1C(=O)OCC.CCOC(=O)c1ccc(C)cc1O.Cc1ccc(C(=O)O)c(O)c1.FF. The van der Waals surface area contributed by atoms with Gasteiger partial charge < -0.3 is 34.6 Å².